The monoisotopic (exact) mass is 648 g/mol. The Kier molecular flexibility index (Phi) is 14.9. The van der Waals surface area contributed by atoms with Crippen LogP contribution in [0.1, 0.15) is 61.1 Å². The van der Waals surface area contributed by atoms with Crippen molar-refractivity contribution < 1.29 is 18.6 Å². The molecule has 0 N–H and O–H groups in total. The predicted molar refractivity (Wildman–Crippen MR) is 202 cm³/mol. The molecule has 4 aromatic rings. The van der Waals surface area contributed by atoms with Crippen LogP contribution in [0.3, 0.4) is 0 Å². The SMILES string of the molecule is CCN(CC)c1ccc(/C=C/c2cc[n+](CCOCCOCC[n+]3ccc(/C=C/c4ccc(N(CC)CC)cc4)c(C)c3)cc2C)cc1. The van der Waals surface area contributed by atoms with Crippen molar-refractivity contribution in [3.05, 3.63) is 119 Å². The Bertz CT molecular complexity index is 1470. The van der Waals surface area contributed by atoms with E-state index in [4.69, 9.17) is 9.47 Å². The fourth-order valence-corrected chi connectivity index (χ4v) is 5.80. The van der Waals surface area contributed by atoms with Crippen LogP contribution >= 0.6 is 0 Å². The minimum atomic E-state index is 0.594. The van der Waals surface area contributed by atoms with Crippen molar-refractivity contribution in [2.45, 2.75) is 54.6 Å². The largest absolute Gasteiger partial charge is 0.372 e. The summed E-state index contributed by atoms with van der Waals surface area (Å²) in [5, 5.41) is 0. The van der Waals surface area contributed by atoms with Crippen molar-refractivity contribution in [2.24, 2.45) is 0 Å². The van der Waals surface area contributed by atoms with Crippen LogP contribution in [0.15, 0.2) is 85.5 Å². The molecule has 0 aliphatic rings. The first-order valence-electron chi connectivity index (χ1n) is 17.6. The van der Waals surface area contributed by atoms with E-state index < -0.39 is 0 Å². The highest BCUT2D eigenvalue weighted by Gasteiger charge is 2.07. The van der Waals surface area contributed by atoms with Gasteiger partial charge in [-0.2, -0.15) is 0 Å². The maximum atomic E-state index is 5.86. The van der Waals surface area contributed by atoms with Gasteiger partial charge in [0, 0.05) is 60.8 Å². The Morgan fingerprint density at radius 1 is 0.500 bits per heavy atom. The average Bonchev–Trinajstić information content (AvgIpc) is 3.11. The molecule has 254 valence electrons. The quantitative estimate of drug-likeness (QED) is 0.0773. The van der Waals surface area contributed by atoms with Crippen molar-refractivity contribution in [1.82, 2.24) is 0 Å². The minimum absolute atomic E-state index is 0.594. The summed E-state index contributed by atoms with van der Waals surface area (Å²) in [6, 6.07) is 21.9. The summed E-state index contributed by atoms with van der Waals surface area (Å²) < 4.78 is 16.1. The molecular weight excluding hydrogens is 592 g/mol. The molecule has 0 saturated carbocycles. The molecule has 0 bridgehead atoms. The number of hydrogen-bond acceptors (Lipinski definition) is 4. The van der Waals surface area contributed by atoms with Gasteiger partial charge in [0.1, 0.15) is 13.2 Å². The van der Waals surface area contributed by atoms with E-state index in [0.717, 1.165) is 39.3 Å². The topological polar surface area (TPSA) is 32.7 Å². The van der Waals surface area contributed by atoms with Gasteiger partial charge in [-0.15, -0.1) is 0 Å². The average molecular weight is 649 g/mol. The van der Waals surface area contributed by atoms with Gasteiger partial charge in [-0.3, -0.25) is 0 Å². The smallest absolute Gasteiger partial charge is 0.172 e. The van der Waals surface area contributed by atoms with Crippen LogP contribution < -0.4 is 18.9 Å². The van der Waals surface area contributed by atoms with Crippen molar-refractivity contribution >= 4 is 35.7 Å². The summed E-state index contributed by atoms with van der Waals surface area (Å²) in [5.74, 6) is 0. The molecule has 0 unspecified atom stereocenters. The van der Waals surface area contributed by atoms with Crippen LogP contribution in [-0.2, 0) is 22.6 Å². The highest BCUT2D eigenvalue weighted by molar-refractivity contribution is 5.72. The van der Waals surface area contributed by atoms with Gasteiger partial charge >= 0.3 is 0 Å². The second-order valence-electron chi connectivity index (χ2n) is 12.1. The lowest BCUT2D eigenvalue weighted by atomic mass is 10.1. The molecule has 0 aliphatic heterocycles. The van der Waals surface area contributed by atoms with E-state index in [1.54, 1.807) is 0 Å². The standard InChI is InChI=1S/C42H56N4O2/c1-7-45(8-2)41-19-13-37(14-20-41)11-17-39-23-25-43(33-35(39)5)27-29-47-31-32-48-30-28-44-26-24-40(36(6)34-44)18-12-38-15-21-42(22-16-38)46(9-3)10-4/h11-26,33-34H,7-10,27-32H2,1-6H3/q+2. The van der Waals surface area contributed by atoms with Crippen LogP contribution in [0.2, 0.25) is 0 Å². The van der Waals surface area contributed by atoms with Crippen LogP contribution in [0.25, 0.3) is 24.3 Å². The number of anilines is 2. The van der Waals surface area contributed by atoms with Gasteiger partial charge in [0.25, 0.3) is 0 Å². The van der Waals surface area contributed by atoms with Crippen LogP contribution in [0.5, 0.6) is 0 Å². The van der Waals surface area contributed by atoms with E-state index in [2.05, 4.69) is 170 Å². The Labute approximate surface area is 289 Å². The number of pyridine rings is 2. The molecular formula is C42H56N4O2+2. The van der Waals surface area contributed by atoms with Crippen molar-refractivity contribution in [3.63, 3.8) is 0 Å². The lowest BCUT2D eigenvalue weighted by Crippen LogP contribution is -2.36. The lowest BCUT2D eigenvalue weighted by Gasteiger charge is -2.20. The predicted octanol–water partition coefficient (Wildman–Crippen LogP) is 7.65. The molecule has 2 aromatic carbocycles. The van der Waals surface area contributed by atoms with Crippen LogP contribution in [0, 0.1) is 13.8 Å². The van der Waals surface area contributed by atoms with Crippen LogP contribution in [-0.4, -0.2) is 52.6 Å². The van der Waals surface area contributed by atoms with Crippen LogP contribution in [0.4, 0.5) is 11.4 Å². The fraction of sp³-hybridized carbons (Fsp3) is 0.381. The maximum absolute atomic E-state index is 5.86. The van der Waals surface area contributed by atoms with Gasteiger partial charge in [-0.05, 0) is 88.1 Å². The molecule has 0 radical (unpaired) electrons. The highest BCUT2D eigenvalue weighted by Crippen LogP contribution is 2.18. The first-order valence-corrected chi connectivity index (χ1v) is 17.6. The summed E-state index contributed by atoms with van der Waals surface area (Å²) in [6.07, 6.45) is 17.4. The lowest BCUT2D eigenvalue weighted by molar-refractivity contribution is -0.699. The first kappa shape index (κ1) is 36.6. The Balaban J connectivity index is 1.12. The minimum Gasteiger partial charge on any atom is -0.372 e. The Morgan fingerprint density at radius 3 is 1.21 bits per heavy atom. The van der Waals surface area contributed by atoms with Crippen molar-refractivity contribution in [2.75, 3.05) is 62.4 Å². The zero-order valence-electron chi connectivity index (χ0n) is 30.1. The fourth-order valence-electron chi connectivity index (χ4n) is 5.80. The molecule has 0 atom stereocenters. The summed E-state index contributed by atoms with van der Waals surface area (Å²) in [5.41, 5.74) is 9.91. The summed E-state index contributed by atoms with van der Waals surface area (Å²) >= 11 is 0. The van der Waals surface area contributed by atoms with E-state index in [0.29, 0.717) is 26.4 Å². The second kappa shape index (κ2) is 19.5. The molecule has 2 aromatic heterocycles. The molecule has 0 fully saturated rings. The van der Waals surface area contributed by atoms with Crippen molar-refractivity contribution in [1.29, 1.82) is 0 Å². The van der Waals surface area contributed by atoms with Crippen molar-refractivity contribution in [3.8, 4) is 0 Å². The number of aromatic nitrogens is 2. The molecule has 0 spiro atoms. The van der Waals surface area contributed by atoms with Gasteiger partial charge in [0.15, 0.2) is 37.9 Å². The van der Waals surface area contributed by atoms with E-state index in [1.165, 1.54) is 44.8 Å². The number of rotatable bonds is 19. The number of benzene rings is 2. The molecule has 0 saturated heterocycles. The third-order valence-corrected chi connectivity index (χ3v) is 8.83. The molecule has 6 heteroatoms. The molecule has 2 heterocycles. The van der Waals surface area contributed by atoms with Gasteiger partial charge in [-0.25, -0.2) is 9.13 Å². The molecule has 48 heavy (non-hydrogen) atoms. The number of aryl methyl sites for hydroxylation is 2. The molecule has 0 aliphatic carbocycles. The second-order valence-corrected chi connectivity index (χ2v) is 12.1. The Hall–Kier alpha value is -4.26. The van der Waals surface area contributed by atoms with Gasteiger partial charge < -0.3 is 19.3 Å². The van der Waals surface area contributed by atoms with Gasteiger partial charge in [0.2, 0.25) is 0 Å². The van der Waals surface area contributed by atoms with Gasteiger partial charge in [-0.1, -0.05) is 48.6 Å². The third kappa shape index (κ3) is 11.2. The Morgan fingerprint density at radius 2 is 0.875 bits per heavy atom. The maximum Gasteiger partial charge on any atom is 0.172 e. The van der Waals surface area contributed by atoms with E-state index >= 15 is 0 Å². The normalized spacial score (nSPS) is 11.5. The van der Waals surface area contributed by atoms with Gasteiger partial charge in [0.05, 0.1) is 13.2 Å². The number of ether oxygens (including phenoxy) is 2. The number of hydrogen-bond donors (Lipinski definition) is 0. The zero-order valence-corrected chi connectivity index (χ0v) is 30.1. The van der Waals surface area contributed by atoms with E-state index in [9.17, 15) is 0 Å². The van der Waals surface area contributed by atoms with E-state index in [1.807, 2.05) is 0 Å². The molecule has 4 rings (SSSR count). The summed E-state index contributed by atoms with van der Waals surface area (Å²) in [6.45, 7) is 21.3. The third-order valence-electron chi connectivity index (χ3n) is 8.83. The summed E-state index contributed by atoms with van der Waals surface area (Å²) in [4.78, 5) is 4.72. The molecule has 6 nitrogen and oxygen atoms in total. The zero-order chi connectivity index (χ0) is 34.1. The van der Waals surface area contributed by atoms with E-state index in [-0.39, 0.29) is 0 Å². The molecule has 0 amide bonds. The first-order chi connectivity index (χ1) is 23.4. The highest BCUT2D eigenvalue weighted by atomic mass is 16.5. The number of nitrogens with zero attached hydrogens (tertiary/aromatic N) is 4. The summed E-state index contributed by atoms with van der Waals surface area (Å²) in [7, 11) is 0.